The molecule has 0 aliphatic carbocycles. The molecule has 0 spiro atoms. The highest BCUT2D eigenvalue weighted by Gasteiger charge is 2.13. The number of amides is 1. The third-order valence-electron chi connectivity index (χ3n) is 2.79. The van der Waals surface area contributed by atoms with Crippen molar-refractivity contribution in [3.05, 3.63) is 64.7 Å². The Bertz CT molecular complexity index is 601. The number of rotatable bonds is 5. The first-order chi connectivity index (χ1) is 9.58. The smallest absolute Gasteiger partial charge is 0.252 e. The van der Waals surface area contributed by atoms with Crippen LogP contribution < -0.4 is 10.5 Å². The van der Waals surface area contributed by atoms with Crippen molar-refractivity contribution in [1.29, 1.82) is 0 Å². The van der Waals surface area contributed by atoms with Crippen LogP contribution >= 0.6 is 11.6 Å². The first-order valence-electron chi connectivity index (χ1n) is 6.03. The van der Waals surface area contributed by atoms with Crippen LogP contribution in [0.5, 0.6) is 5.75 Å². The maximum Gasteiger partial charge on any atom is 0.252 e. The highest BCUT2D eigenvalue weighted by atomic mass is 35.5. The zero-order chi connectivity index (χ0) is 14.5. The molecule has 3 N–H and O–H groups in total. The van der Waals surface area contributed by atoms with Crippen molar-refractivity contribution in [3.63, 3.8) is 0 Å². The summed E-state index contributed by atoms with van der Waals surface area (Å²) >= 11 is 5.81. The monoisotopic (exact) mass is 291 g/mol. The molecule has 20 heavy (non-hydrogen) atoms. The fourth-order valence-corrected chi connectivity index (χ4v) is 1.93. The first-order valence-corrected chi connectivity index (χ1v) is 6.41. The summed E-state index contributed by atoms with van der Waals surface area (Å²) in [5, 5.41) is 10.4. The van der Waals surface area contributed by atoms with E-state index in [0.29, 0.717) is 10.8 Å². The van der Waals surface area contributed by atoms with Gasteiger partial charge in [0.2, 0.25) is 0 Å². The molecule has 1 unspecified atom stereocenters. The van der Waals surface area contributed by atoms with Crippen LogP contribution in [0.1, 0.15) is 22.0 Å². The fourth-order valence-electron chi connectivity index (χ4n) is 1.76. The van der Waals surface area contributed by atoms with E-state index in [0.717, 1.165) is 5.56 Å². The van der Waals surface area contributed by atoms with Gasteiger partial charge in [0.05, 0.1) is 5.56 Å². The minimum atomic E-state index is -0.785. The molecular weight excluding hydrogens is 278 g/mol. The quantitative estimate of drug-likeness (QED) is 0.889. The summed E-state index contributed by atoms with van der Waals surface area (Å²) < 4.78 is 5.46. The average molecular weight is 292 g/mol. The van der Waals surface area contributed by atoms with Crippen LogP contribution in [0.4, 0.5) is 0 Å². The predicted octanol–water partition coefficient (Wildman–Crippen LogP) is 2.55. The number of hydrogen-bond acceptors (Lipinski definition) is 3. The van der Waals surface area contributed by atoms with E-state index in [1.165, 1.54) is 6.07 Å². The molecule has 2 aromatic carbocycles. The van der Waals surface area contributed by atoms with E-state index in [4.69, 9.17) is 22.1 Å². The summed E-state index contributed by atoms with van der Waals surface area (Å²) in [6.45, 7) is 0.0198. The molecule has 1 amide bonds. The standard InChI is InChI=1S/C15H14ClNO3/c16-11-6-7-14(12(8-11)15(17)19)20-9-13(18)10-4-2-1-3-5-10/h1-8,13,18H,9H2,(H2,17,19). The molecule has 0 aromatic heterocycles. The Morgan fingerprint density at radius 1 is 1.25 bits per heavy atom. The number of ether oxygens (including phenoxy) is 1. The summed E-state index contributed by atoms with van der Waals surface area (Å²) in [5.41, 5.74) is 6.19. The van der Waals surface area contributed by atoms with E-state index in [2.05, 4.69) is 0 Å². The molecule has 0 radical (unpaired) electrons. The number of primary amides is 1. The van der Waals surface area contributed by atoms with Crippen molar-refractivity contribution in [1.82, 2.24) is 0 Å². The normalized spacial score (nSPS) is 11.9. The van der Waals surface area contributed by atoms with E-state index in [1.54, 1.807) is 24.3 Å². The molecule has 0 saturated heterocycles. The van der Waals surface area contributed by atoms with Crippen LogP contribution in [0.15, 0.2) is 48.5 Å². The van der Waals surface area contributed by atoms with Gasteiger partial charge < -0.3 is 15.6 Å². The molecule has 0 saturated carbocycles. The Morgan fingerprint density at radius 2 is 1.95 bits per heavy atom. The summed E-state index contributed by atoms with van der Waals surface area (Å²) in [7, 11) is 0. The third kappa shape index (κ3) is 3.50. The van der Waals surface area contributed by atoms with Crippen LogP contribution in [-0.4, -0.2) is 17.6 Å². The third-order valence-corrected chi connectivity index (χ3v) is 3.02. The SMILES string of the molecule is NC(=O)c1cc(Cl)ccc1OCC(O)c1ccccc1. The Morgan fingerprint density at radius 3 is 2.60 bits per heavy atom. The average Bonchev–Trinajstić information content (AvgIpc) is 2.46. The maximum atomic E-state index is 11.3. The predicted molar refractivity (Wildman–Crippen MR) is 76.9 cm³/mol. The number of aliphatic hydroxyl groups excluding tert-OH is 1. The zero-order valence-electron chi connectivity index (χ0n) is 10.6. The van der Waals surface area contributed by atoms with Crippen LogP contribution in [-0.2, 0) is 0 Å². The number of hydrogen-bond donors (Lipinski definition) is 2. The number of benzene rings is 2. The van der Waals surface area contributed by atoms with Crippen molar-refractivity contribution in [3.8, 4) is 5.75 Å². The first kappa shape index (κ1) is 14.4. The summed E-state index contributed by atoms with van der Waals surface area (Å²) in [6.07, 6.45) is -0.785. The number of nitrogens with two attached hydrogens (primary N) is 1. The van der Waals surface area contributed by atoms with Gasteiger partial charge in [0.15, 0.2) is 0 Å². The van der Waals surface area contributed by atoms with Gasteiger partial charge in [0.25, 0.3) is 5.91 Å². The second-order valence-corrected chi connectivity index (χ2v) is 4.68. The second kappa shape index (κ2) is 6.41. The van der Waals surface area contributed by atoms with Crippen LogP contribution in [0.25, 0.3) is 0 Å². The van der Waals surface area contributed by atoms with Crippen LogP contribution in [0, 0.1) is 0 Å². The molecule has 4 nitrogen and oxygen atoms in total. The molecule has 0 aliphatic heterocycles. The molecule has 0 fully saturated rings. The molecule has 2 aromatic rings. The Labute approximate surface area is 121 Å². The van der Waals surface area contributed by atoms with E-state index in [1.807, 2.05) is 18.2 Å². The van der Waals surface area contributed by atoms with E-state index in [9.17, 15) is 9.90 Å². The van der Waals surface area contributed by atoms with Crippen molar-refractivity contribution in [2.45, 2.75) is 6.10 Å². The van der Waals surface area contributed by atoms with E-state index in [-0.39, 0.29) is 12.2 Å². The van der Waals surface area contributed by atoms with Gasteiger partial charge in [-0.3, -0.25) is 4.79 Å². The molecule has 5 heteroatoms. The molecule has 2 rings (SSSR count). The van der Waals surface area contributed by atoms with Crippen molar-refractivity contribution < 1.29 is 14.6 Å². The number of halogens is 1. The number of carbonyl (C=O) groups is 1. The Kier molecular flexibility index (Phi) is 4.61. The van der Waals surface area contributed by atoms with Gasteiger partial charge in [-0.05, 0) is 23.8 Å². The highest BCUT2D eigenvalue weighted by molar-refractivity contribution is 6.31. The van der Waals surface area contributed by atoms with Gasteiger partial charge in [0, 0.05) is 5.02 Å². The van der Waals surface area contributed by atoms with E-state index >= 15 is 0 Å². The summed E-state index contributed by atoms with van der Waals surface area (Å²) in [5.74, 6) is -0.325. The Balaban J connectivity index is 2.09. The van der Waals surface area contributed by atoms with E-state index < -0.39 is 12.0 Å². The topological polar surface area (TPSA) is 72.6 Å². The van der Waals surface area contributed by atoms with Gasteiger partial charge in [-0.2, -0.15) is 0 Å². The largest absolute Gasteiger partial charge is 0.490 e. The summed E-state index contributed by atoms with van der Waals surface area (Å²) in [6, 6.07) is 13.7. The summed E-state index contributed by atoms with van der Waals surface area (Å²) in [4.78, 5) is 11.3. The van der Waals surface area contributed by atoms with Crippen molar-refractivity contribution >= 4 is 17.5 Å². The van der Waals surface area contributed by atoms with Gasteiger partial charge >= 0.3 is 0 Å². The molecule has 0 bridgehead atoms. The number of carbonyl (C=O) groups excluding carboxylic acids is 1. The van der Waals surface area contributed by atoms with Gasteiger partial charge in [-0.15, -0.1) is 0 Å². The number of aliphatic hydroxyl groups is 1. The Hall–Kier alpha value is -2.04. The molecular formula is C15H14ClNO3. The molecule has 104 valence electrons. The van der Waals surface area contributed by atoms with Crippen LogP contribution in [0.2, 0.25) is 5.02 Å². The highest BCUT2D eigenvalue weighted by Crippen LogP contribution is 2.24. The molecule has 0 aliphatic rings. The van der Waals surface area contributed by atoms with Gasteiger partial charge in [-0.1, -0.05) is 41.9 Å². The fraction of sp³-hybridized carbons (Fsp3) is 0.133. The lowest BCUT2D eigenvalue weighted by Gasteiger charge is -2.14. The van der Waals surface area contributed by atoms with Crippen molar-refractivity contribution in [2.24, 2.45) is 5.73 Å². The molecule has 1 atom stereocenters. The minimum Gasteiger partial charge on any atom is -0.490 e. The minimum absolute atomic E-state index is 0.0198. The lowest BCUT2D eigenvalue weighted by atomic mass is 10.1. The second-order valence-electron chi connectivity index (χ2n) is 4.24. The van der Waals surface area contributed by atoms with Crippen molar-refractivity contribution in [2.75, 3.05) is 6.61 Å². The molecule has 0 heterocycles. The zero-order valence-corrected chi connectivity index (χ0v) is 11.4. The van der Waals surface area contributed by atoms with Gasteiger partial charge in [0.1, 0.15) is 18.5 Å². The lowest BCUT2D eigenvalue weighted by molar-refractivity contribution is 0.0967. The van der Waals surface area contributed by atoms with Gasteiger partial charge in [-0.25, -0.2) is 0 Å². The maximum absolute atomic E-state index is 11.3. The lowest BCUT2D eigenvalue weighted by Crippen LogP contribution is -2.15. The van der Waals surface area contributed by atoms with Crippen LogP contribution in [0.3, 0.4) is 0 Å².